The molecule has 76 valence electrons. The third-order valence-corrected chi connectivity index (χ3v) is 2.01. The van der Waals surface area contributed by atoms with Crippen LogP contribution in [0.5, 0.6) is 0 Å². The van der Waals surface area contributed by atoms with Crippen LogP contribution in [0.15, 0.2) is 18.2 Å². The number of rotatable bonds is 3. The lowest BCUT2D eigenvalue weighted by Crippen LogP contribution is -1.96. The number of halogens is 1. The summed E-state index contributed by atoms with van der Waals surface area (Å²) in [6.45, 7) is 0. The van der Waals surface area contributed by atoms with Crippen molar-refractivity contribution in [3.63, 3.8) is 0 Å². The molecule has 0 aliphatic heterocycles. The van der Waals surface area contributed by atoms with Gasteiger partial charge in [0.2, 0.25) is 0 Å². The summed E-state index contributed by atoms with van der Waals surface area (Å²) in [5.41, 5.74) is -0.393. The summed E-state index contributed by atoms with van der Waals surface area (Å²) < 4.78 is 33.3. The van der Waals surface area contributed by atoms with Crippen LogP contribution in [0.4, 0.5) is 10.1 Å². The number of benzene rings is 1. The molecule has 1 atom stereocenters. The molecule has 0 amide bonds. The standard InChI is InChI=1S/C7H6FNO4S/c8-6-1-5(4-14(12)13)2-7(3-6)9(10)11/h1-3H,4H2,(H,12,13)/p-1. The Bertz CT molecular complexity index is 395. The van der Waals surface area contributed by atoms with E-state index in [1.165, 1.54) is 0 Å². The van der Waals surface area contributed by atoms with Crippen LogP contribution < -0.4 is 0 Å². The molecule has 1 aromatic rings. The molecule has 1 aromatic carbocycles. The molecule has 5 nitrogen and oxygen atoms in total. The minimum Gasteiger partial charge on any atom is -0.772 e. The maximum Gasteiger partial charge on any atom is 0.272 e. The maximum absolute atomic E-state index is 12.7. The van der Waals surface area contributed by atoms with Crippen molar-refractivity contribution in [2.45, 2.75) is 5.75 Å². The number of hydrogen-bond acceptors (Lipinski definition) is 4. The van der Waals surface area contributed by atoms with Gasteiger partial charge in [-0.25, -0.2) is 4.39 Å². The third kappa shape index (κ3) is 2.86. The van der Waals surface area contributed by atoms with E-state index >= 15 is 0 Å². The van der Waals surface area contributed by atoms with Crippen LogP contribution in [0.2, 0.25) is 0 Å². The van der Waals surface area contributed by atoms with Crippen LogP contribution >= 0.6 is 0 Å². The highest BCUT2D eigenvalue weighted by Gasteiger charge is 2.09. The Morgan fingerprint density at radius 1 is 1.43 bits per heavy atom. The van der Waals surface area contributed by atoms with Gasteiger partial charge in [0.25, 0.3) is 5.69 Å². The van der Waals surface area contributed by atoms with Crippen molar-refractivity contribution in [2.75, 3.05) is 0 Å². The fourth-order valence-corrected chi connectivity index (χ4v) is 1.40. The number of nitro benzene ring substituents is 1. The Hall–Kier alpha value is -1.34. The van der Waals surface area contributed by atoms with Gasteiger partial charge in [-0.05, 0) is 11.6 Å². The lowest BCUT2D eigenvalue weighted by Gasteiger charge is -2.04. The molecule has 0 heterocycles. The van der Waals surface area contributed by atoms with E-state index in [0.717, 1.165) is 18.2 Å². The van der Waals surface area contributed by atoms with Crippen LogP contribution in [0.25, 0.3) is 0 Å². The van der Waals surface area contributed by atoms with E-state index in [9.17, 15) is 23.3 Å². The zero-order valence-electron chi connectivity index (χ0n) is 6.81. The van der Waals surface area contributed by atoms with Crippen molar-refractivity contribution in [1.82, 2.24) is 0 Å². The van der Waals surface area contributed by atoms with E-state index in [4.69, 9.17) is 0 Å². The quantitative estimate of drug-likeness (QED) is 0.432. The topological polar surface area (TPSA) is 83.3 Å². The summed E-state index contributed by atoms with van der Waals surface area (Å²) in [5.74, 6) is -1.25. The molecule has 0 fully saturated rings. The van der Waals surface area contributed by atoms with Crippen LogP contribution in [-0.2, 0) is 16.8 Å². The highest BCUT2D eigenvalue weighted by atomic mass is 32.2. The molecule has 7 heteroatoms. The van der Waals surface area contributed by atoms with Gasteiger partial charge in [0, 0.05) is 11.8 Å². The number of nitro groups is 1. The van der Waals surface area contributed by atoms with Crippen molar-refractivity contribution in [3.8, 4) is 0 Å². The summed E-state index contributed by atoms with van der Waals surface area (Å²) in [6.07, 6.45) is 0. The Kier molecular flexibility index (Phi) is 3.26. The Labute approximate surface area is 81.0 Å². The fraction of sp³-hybridized carbons (Fsp3) is 0.143. The Morgan fingerprint density at radius 2 is 2.07 bits per heavy atom. The first-order valence-electron chi connectivity index (χ1n) is 3.49. The molecular formula is C7H5FNO4S-. The smallest absolute Gasteiger partial charge is 0.272 e. The highest BCUT2D eigenvalue weighted by Crippen LogP contribution is 2.16. The molecule has 0 spiro atoms. The molecule has 1 unspecified atom stereocenters. The molecule has 0 aliphatic rings. The zero-order valence-corrected chi connectivity index (χ0v) is 7.62. The first kappa shape index (κ1) is 10.7. The minimum atomic E-state index is -2.39. The van der Waals surface area contributed by atoms with E-state index in [0.29, 0.717) is 0 Å². The molecule has 0 aromatic heterocycles. The average molecular weight is 218 g/mol. The second kappa shape index (κ2) is 4.25. The van der Waals surface area contributed by atoms with Gasteiger partial charge >= 0.3 is 0 Å². The minimum absolute atomic E-state index is 0.0602. The van der Waals surface area contributed by atoms with Crippen molar-refractivity contribution < 1.29 is 18.1 Å². The molecular weight excluding hydrogens is 213 g/mol. The van der Waals surface area contributed by atoms with Gasteiger partial charge in [-0.1, -0.05) is 11.1 Å². The molecule has 14 heavy (non-hydrogen) atoms. The first-order valence-corrected chi connectivity index (χ1v) is 4.73. The predicted molar refractivity (Wildman–Crippen MR) is 45.7 cm³/mol. The van der Waals surface area contributed by atoms with E-state index in [1.807, 2.05) is 0 Å². The summed E-state index contributed by atoms with van der Waals surface area (Å²) in [6, 6.07) is 2.71. The van der Waals surface area contributed by atoms with E-state index < -0.39 is 33.3 Å². The van der Waals surface area contributed by atoms with Gasteiger partial charge < -0.3 is 4.55 Å². The van der Waals surface area contributed by atoms with Gasteiger partial charge in [-0.2, -0.15) is 0 Å². The lowest BCUT2D eigenvalue weighted by atomic mass is 10.2. The molecule has 0 aliphatic carbocycles. The molecule has 0 bridgehead atoms. The highest BCUT2D eigenvalue weighted by molar-refractivity contribution is 7.78. The van der Waals surface area contributed by atoms with Crippen molar-refractivity contribution in [1.29, 1.82) is 0 Å². The second-order valence-electron chi connectivity index (χ2n) is 2.52. The van der Waals surface area contributed by atoms with Crippen molar-refractivity contribution in [2.24, 2.45) is 0 Å². The van der Waals surface area contributed by atoms with Gasteiger partial charge in [0.15, 0.2) is 0 Å². The van der Waals surface area contributed by atoms with Gasteiger partial charge in [0.1, 0.15) is 5.82 Å². The molecule has 0 saturated heterocycles. The predicted octanol–water partition coefficient (Wildman–Crippen LogP) is 1.11. The molecule has 0 saturated carbocycles. The van der Waals surface area contributed by atoms with Gasteiger partial charge in [-0.15, -0.1) is 0 Å². The largest absolute Gasteiger partial charge is 0.772 e. The van der Waals surface area contributed by atoms with Crippen molar-refractivity contribution >= 4 is 16.8 Å². The summed E-state index contributed by atoms with van der Waals surface area (Å²) >= 11 is -2.39. The number of non-ortho nitro benzene ring substituents is 1. The third-order valence-electron chi connectivity index (χ3n) is 1.44. The van der Waals surface area contributed by atoms with E-state index in [-0.39, 0.29) is 5.56 Å². The second-order valence-corrected chi connectivity index (χ2v) is 3.42. The van der Waals surface area contributed by atoms with E-state index in [2.05, 4.69) is 0 Å². The summed E-state index contributed by atoms with van der Waals surface area (Å²) in [5, 5.41) is 10.3. The number of hydrogen-bond donors (Lipinski definition) is 0. The molecule has 1 rings (SSSR count). The summed E-state index contributed by atoms with van der Waals surface area (Å²) in [4.78, 5) is 9.50. The van der Waals surface area contributed by atoms with E-state index in [1.54, 1.807) is 0 Å². The average Bonchev–Trinajstić information content (AvgIpc) is 2.01. The normalized spacial score (nSPS) is 12.4. The van der Waals surface area contributed by atoms with Crippen molar-refractivity contribution in [3.05, 3.63) is 39.7 Å². The maximum atomic E-state index is 12.7. The van der Waals surface area contributed by atoms with Crippen LogP contribution in [0.1, 0.15) is 5.56 Å². The van der Waals surface area contributed by atoms with Crippen LogP contribution in [0.3, 0.4) is 0 Å². The lowest BCUT2D eigenvalue weighted by molar-refractivity contribution is -0.385. The zero-order chi connectivity index (χ0) is 10.7. The monoisotopic (exact) mass is 218 g/mol. The van der Waals surface area contributed by atoms with Gasteiger partial charge in [-0.3, -0.25) is 14.3 Å². The molecule has 0 N–H and O–H groups in total. The van der Waals surface area contributed by atoms with Gasteiger partial charge in [0.05, 0.1) is 11.0 Å². The summed E-state index contributed by atoms with van der Waals surface area (Å²) in [7, 11) is 0. The van der Waals surface area contributed by atoms with Crippen LogP contribution in [0, 0.1) is 15.9 Å². The number of nitrogens with zero attached hydrogens (tertiary/aromatic N) is 1. The Balaban J connectivity index is 3.07. The Morgan fingerprint density at radius 3 is 2.57 bits per heavy atom. The SMILES string of the molecule is O=[N+]([O-])c1cc(F)cc(CS(=O)[O-])c1. The fourth-order valence-electron chi connectivity index (χ4n) is 0.958. The first-order chi connectivity index (χ1) is 6.49. The van der Waals surface area contributed by atoms with Crippen LogP contribution in [-0.4, -0.2) is 13.7 Å². The molecule has 0 radical (unpaired) electrons.